The van der Waals surface area contributed by atoms with Crippen molar-refractivity contribution < 1.29 is 52.5 Å². The topological polar surface area (TPSA) is 194 Å². The summed E-state index contributed by atoms with van der Waals surface area (Å²) in [6, 6.07) is 0. The lowest BCUT2D eigenvalue weighted by Gasteiger charge is -2.06. The minimum atomic E-state index is -0.657. The van der Waals surface area contributed by atoms with E-state index in [-0.39, 0.29) is 63.0 Å². The first kappa shape index (κ1) is 41.9. The third-order valence-corrected chi connectivity index (χ3v) is 4.21. The van der Waals surface area contributed by atoms with E-state index in [1.54, 1.807) is 6.92 Å². The van der Waals surface area contributed by atoms with E-state index in [1.165, 1.54) is 39.7 Å². The zero-order valence-corrected chi connectivity index (χ0v) is 25.3. The van der Waals surface area contributed by atoms with Gasteiger partial charge in [0.25, 0.3) is 0 Å². The maximum atomic E-state index is 11.4. The highest BCUT2D eigenvalue weighted by atomic mass is 16.6. The van der Waals surface area contributed by atoms with Crippen LogP contribution >= 0.6 is 0 Å². The van der Waals surface area contributed by atoms with Gasteiger partial charge in [0.1, 0.15) is 63.0 Å². The van der Waals surface area contributed by atoms with E-state index in [4.69, 9.17) is 15.2 Å². The fourth-order valence-corrected chi connectivity index (χ4v) is 2.31. The first-order valence-corrected chi connectivity index (χ1v) is 13.5. The number of allylic oxidation sites excluding steroid dienone is 1. The molecule has 0 saturated heterocycles. The number of carbonyl (C=O) groups excluding carboxylic acids is 7. The average molecular weight is 589 g/mol. The highest BCUT2D eigenvalue weighted by Gasteiger charge is 2.09. The molecule has 0 radical (unpaired) electrons. The number of hydrogen-bond acceptors (Lipinski definition) is 13. The molecule has 0 atom stereocenters. The first-order valence-electron chi connectivity index (χ1n) is 13.5. The van der Waals surface area contributed by atoms with Crippen LogP contribution in [-0.4, -0.2) is 80.7 Å². The molecule has 13 nitrogen and oxygen atoms in total. The van der Waals surface area contributed by atoms with Gasteiger partial charge in [0.2, 0.25) is 0 Å². The van der Waals surface area contributed by atoms with Crippen LogP contribution in [0, 0.1) is 0 Å². The van der Waals surface area contributed by atoms with Crippen LogP contribution in [0.4, 0.5) is 0 Å². The van der Waals surface area contributed by atoms with Gasteiger partial charge < -0.3 is 30.0 Å². The van der Waals surface area contributed by atoms with E-state index in [0.29, 0.717) is 0 Å². The molecular formula is C28H48N2O11. The van der Waals surface area contributed by atoms with Crippen molar-refractivity contribution in [3.8, 4) is 0 Å². The molecule has 0 spiro atoms. The second-order valence-electron chi connectivity index (χ2n) is 8.72. The number of hydrogen-bond donors (Lipinski definition) is 2. The lowest BCUT2D eigenvalue weighted by atomic mass is 10.3. The summed E-state index contributed by atoms with van der Waals surface area (Å²) < 4.78 is 18.7. The Kier molecular flexibility index (Phi) is 30.0. The smallest absolute Gasteiger partial charge is 0.332 e. The minimum absolute atomic E-state index is 0.0266. The van der Waals surface area contributed by atoms with Gasteiger partial charge in [-0.25, -0.2) is 4.79 Å². The fourth-order valence-electron chi connectivity index (χ4n) is 2.31. The molecule has 0 rings (SSSR count). The summed E-state index contributed by atoms with van der Waals surface area (Å²) in [7, 11) is 0. The number of carbonyl (C=O) groups is 7. The van der Waals surface area contributed by atoms with Crippen LogP contribution in [0.5, 0.6) is 0 Å². The van der Waals surface area contributed by atoms with Crippen molar-refractivity contribution in [3.63, 3.8) is 0 Å². The Labute approximate surface area is 242 Å². The van der Waals surface area contributed by atoms with Crippen LogP contribution in [0.2, 0.25) is 0 Å². The van der Waals surface area contributed by atoms with E-state index in [1.807, 2.05) is 0 Å². The van der Waals surface area contributed by atoms with Gasteiger partial charge in [0.15, 0.2) is 0 Å². The van der Waals surface area contributed by atoms with Crippen molar-refractivity contribution in [1.82, 2.24) is 5.32 Å². The number of ether oxygens (including phenoxy) is 4. The lowest BCUT2D eigenvalue weighted by Crippen LogP contribution is -2.17. The second-order valence-corrected chi connectivity index (χ2v) is 8.72. The predicted molar refractivity (Wildman–Crippen MR) is 150 cm³/mol. The Morgan fingerprint density at radius 3 is 1.27 bits per heavy atom. The molecule has 236 valence electrons. The number of unbranched alkanes of at least 4 members (excludes halogenated alkanes) is 2. The van der Waals surface area contributed by atoms with Crippen molar-refractivity contribution in [2.45, 2.75) is 86.5 Å². The predicted octanol–water partition coefficient (Wildman–Crippen LogP) is 2.12. The molecule has 0 amide bonds. The Morgan fingerprint density at radius 1 is 0.610 bits per heavy atom. The molecule has 0 saturated carbocycles. The van der Waals surface area contributed by atoms with Crippen molar-refractivity contribution in [3.05, 3.63) is 11.8 Å². The van der Waals surface area contributed by atoms with E-state index in [0.717, 1.165) is 31.6 Å². The van der Waals surface area contributed by atoms with Crippen LogP contribution in [0.15, 0.2) is 11.8 Å². The molecule has 0 aromatic heterocycles. The molecule has 0 aliphatic rings. The van der Waals surface area contributed by atoms with E-state index in [9.17, 15) is 33.6 Å². The van der Waals surface area contributed by atoms with Crippen molar-refractivity contribution in [2.75, 3.05) is 39.5 Å². The molecule has 0 heterocycles. The fraction of sp³-hybridized carbons (Fsp3) is 0.679. The summed E-state index contributed by atoms with van der Waals surface area (Å²) in [5, 5.41) is 3.08. The third kappa shape index (κ3) is 38.6. The molecule has 13 heteroatoms. The maximum Gasteiger partial charge on any atom is 0.332 e. The monoisotopic (exact) mass is 588 g/mol. The number of ketones is 3. The molecule has 0 aliphatic heterocycles. The van der Waals surface area contributed by atoms with Crippen LogP contribution in [0.1, 0.15) is 86.5 Å². The summed E-state index contributed by atoms with van der Waals surface area (Å²) in [4.78, 5) is 75.7. The van der Waals surface area contributed by atoms with Gasteiger partial charge in [-0.1, -0.05) is 26.7 Å². The van der Waals surface area contributed by atoms with Gasteiger partial charge in [-0.05, 0) is 47.1 Å². The van der Waals surface area contributed by atoms with Crippen LogP contribution < -0.4 is 11.1 Å². The summed E-state index contributed by atoms with van der Waals surface area (Å²) >= 11 is 0. The molecule has 0 fully saturated rings. The second kappa shape index (κ2) is 29.4. The van der Waals surface area contributed by atoms with Gasteiger partial charge in [0.05, 0.1) is 0 Å². The van der Waals surface area contributed by atoms with Crippen molar-refractivity contribution in [1.29, 1.82) is 0 Å². The van der Waals surface area contributed by atoms with Crippen LogP contribution in [-0.2, 0) is 52.5 Å². The van der Waals surface area contributed by atoms with Crippen LogP contribution in [0.3, 0.4) is 0 Å². The number of nitrogens with two attached hydrogens (primary N) is 1. The normalized spacial score (nSPS) is 9.98. The Hall–Kier alpha value is -3.61. The van der Waals surface area contributed by atoms with Crippen LogP contribution in [0.25, 0.3) is 0 Å². The third-order valence-electron chi connectivity index (χ3n) is 4.21. The molecular weight excluding hydrogens is 540 g/mol. The molecule has 0 bridgehead atoms. The Morgan fingerprint density at radius 2 is 0.976 bits per heavy atom. The lowest BCUT2D eigenvalue weighted by molar-refractivity contribution is -0.154. The molecule has 0 aliphatic carbocycles. The van der Waals surface area contributed by atoms with Gasteiger partial charge >= 0.3 is 23.9 Å². The molecule has 41 heavy (non-hydrogen) atoms. The highest BCUT2D eigenvalue weighted by molar-refractivity contribution is 5.95. The van der Waals surface area contributed by atoms with Gasteiger partial charge in [0, 0.05) is 18.3 Å². The van der Waals surface area contributed by atoms with Crippen molar-refractivity contribution >= 4 is 41.2 Å². The quantitative estimate of drug-likeness (QED) is 0.0733. The average Bonchev–Trinajstić information content (AvgIpc) is 2.85. The van der Waals surface area contributed by atoms with Gasteiger partial charge in [-0.2, -0.15) is 0 Å². The molecule has 3 N–H and O–H groups in total. The summed E-state index contributed by atoms with van der Waals surface area (Å²) in [5.74, 6) is -3.26. The van der Waals surface area contributed by atoms with Gasteiger partial charge in [-0.15, -0.1) is 0 Å². The zero-order chi connectivity index (χ0) is 32.1. The zero-order valence-electron chi connectivity index (χ0n) is 25.3. The van der Waals surface area contributed by atoms with E-state index >= 15 is 0 Å². The number of nitrogens with one attached hydrogen (secondary N) is 1. The van der Waals surface area contributed by atoms with Gasteiger partial charge in [-0.3, -0.25) is 28.8 Å². The molecule has 0 aromatic carbocycles. The van der Waals surface area contributed by atoms with Crippen molar-refractivity contribution in [2.24, 2.45) is 5.73 Å². The Balaban J connectivity index is -0.000000614. The highest BCUT2D eigenvalue weighted by Crippen LogP contribution is 1.94. The molecule has 0 unspecified atom stereocenters. The Bertz CT molecular complexity index is 807. The number of esters is 4. The first-order chi connectivity index (χ1) is 19.3. The largest absolute Gasteiger partial charge is 0.462 e. The maximum absolute atomic E-state index is 11.4. The van der Waals surface area contributed by atoms with E-state index in [2.05, 4.69) is 28.6 Å². The minimum Gasteiger partial charge on any atom is -0.462 e. The number of Topliss-reactive ketones (excluding diaryl/α,β-unsaturated/α-hetero) is 3. The summed E-state index contributed by atoms with van der Waals surface area (Å²) in [6.07, 6.45) is 5.02. The van der Waals surface area contributed by atoms with E-state index < -0.39 is 23.9 Å². The number of rotatable bonds is 19. The standard InChI is InChI=1S/C14H23NO5.C10H14O6.C4H11N/c1-4-5-6-15-11(2)9-13(17)19-7-8-20-14(18)10-12(3)16;1-7(11)5-9(13)15-3-4-16-10(14)6-8(2)12;1-2-3-4-5/h9,15H,4-8,10H2,1-3H3;3-6H2,1-2H3;2-5H2,1H3/b11-9-;;. The SMILES string of the molecule is CC(=O)CC(=O)OCCOC(=O)CC(C)=O.CCCCN.CCCCN/C(C)=C\C(=O)OCCOC(=O)CC(C)=O. The molecule has 0 aromatic rings. The summed E-state index contributed by atoms with van der Waals surface area (Å²) in [5.41, 5.74) is 5.87. The summed E-state index contributed by atoms with van der Waals surface area (Å²) in [6.45, 7) is 11.2.